The van der Waals surface area contributed by atoms with Crippen LogP contribution in [0, 0.1) is 0 Å². The molecule has 0 fully saturated rings. The first-order valence-electron chi connectivity index (χ1n) is 3.26. The summed E-state index contributed by atoms with van der Waals surface area (Å²) in [5.74, 6) is 0.735. The molecule has 0 aromatic carbocycles. The van der Waals surface area contributed by atoms with Crippen molar-refractivity contribution in [3.8, 4) is 0 Å². The zero-order valence-electron chi connectivity index (χ0n) is 6.56. The van der Waals surface area contributed by atoms with E-state index >= 15 is 0 Å². The molecule has 0 aliphatic rings. The van der Waals surface area contributed by atoms with Crippen LogP contribution in [0.25, 0.3) is 0 Å². The fraction of sp³-hybridized carbons (Fsp3) is 0.167. The number of nitrogens with one attached hydrogen (secondary N) is 1. The molecule has 1 heterocycles. The highest BCUT2D eigenvalue weighted by Crippen LogP contribution is 1.87. The smallest absolute Gasteiger partial charge is 0.184 e. The topological polar surface area (TPSA) is 68.2 Å². The monoisotopic (exact) mass is 183 g/mol. The van der Waals surface area contributed by atoms with Crippen molar-refractivity contribution < 1.29 is 0 Å². The van der Waals surface area contributed by atoms with Crippen molar-refractivity contribution in [3.63, 3.8) is 0 Å². The van der Waals surface area contributed by atoms with Gasteiger partial charge in [0.2, 0.25) is 0 Å². The van der Waals surface area contributed by atoms with E-state index in [2.05, 4.69) is 27.7 Å². The van der Waals surface area contributed by atoms with Crippen molar-refractivity contribution in [2.75, 3.05) is 0 Å². The average Bonchev–Trinajstić information content (AvgIpc) is 2.36. The summed E-state index contributed by atoms with van der Waals surface area (Å²) in [4.78, 5) is 4.00. The standard InChI is InChI=1S/C6H9N5S/c1-11-3-2-8-5(11)4-9-10-6(7)12/h2-4H,1H3,(H3,7,10,12)/b9-4+. The Morgan fingerprint density at radius 1 is 1.92 bits per heavy atom. The molecular formula is C6H9N5S. The molecule has 0 spiro atoms. The van der Waals surface area contributed by atoms with Crippen molar-refractivity contribution in [2.45, 2.75) is 0 Å². The SMILES string of the molecule is Cn1ccnc1/C=N/NC(N)=S. The van der Waals surface area contributed by atoms with E-state index in [0.29, 0.717) is 0 Å². The molecule has 1 rings (SSSR count). The first kappa shape index (κ1) is 8.66. The number of aromatic nitrogens is 2. The van der Waals surface area contributed by atoms with Gasteiger partial charge in [-0.05, 0) is 12.2 Å². The number of nitrogens with two attached hydrogens (primary N) is 1. The van der Waals surface area contributed by atoms with E-state index in [0.717, 1.165) is 5.82 Å². The van der Waals surface area contributed by atoms with Crippen LogP contribution in [0.2, 0.25) is 0 Å². The Kier molecular flexibility index (Phi) is 2.76. The summed E-state index contributed by atoms with van der Waals surface area (Å²) in [5, 5.41) is 3.89. The maximum Gasteiger partial charge on any atom is 0.184 e. The number of nitrogens with zero attached hydrogens (tertiary/aromatic N) is 3. The highest BCUT2D eigenvalue weighted by Gasteiger charge is 1.91. The molecular weight excluding hydrogens is 174 g/mol. The third-order valence-electron chi connectivity index (χ3n) is 1.21. The van der Waals surface area contributed by atoms with E-state index in [-0.39, 0.29) is 5.11 Å². The van der Waals surface area contributed by atoms with Crippen LogP contribution in [0.15, 0.2) is 17.5 Å². The largest absolute Gasteiger partial charge is 0.375 e. The molecule has 6 heteroatoms. The molecule has 1 aromatic heterocycles. The number of hydrogen-bond acceptors (Lipinski definition) is 3. The molecule has 0 bridgehead atoms. The number of hydrogen-bond donors (Lipinski definition) is 2. The molecule has 5 nitrogen and oxygen atoms in total. The van der Waals surface area contributed by atoms with Crippen LogP contribution >= 0.6 is 12.2 Å². The van der Waals surface area contributed by atoms with E-state index in [1.807, 2.05) is 17.8 Å². The summed E-state index contributed by atoms with van der Waals surface area (Å²) >= 11 is 4.55. The normalized spacial score (nSPS) is 10.4. The quantitative estimate of drug-likeness (QED) is 0.371. The second-order valence-electron chi connectivity index (χ2n) is 2.13. The van der Waals surface area contributed by atoms with Crippen LogP contribution in [0.4, 0.5) is 0 Å². The zero-order valence-corrected chi connectivity index (χ0v) is 7.38. The lowest BCUT2D eigenvalue weighted by atomic mass is 10.7. The molecule has 1 aromatic rings. The maximum absolute atomic E-state index is 5.15. The van der Waals surface area contributed by atoms with E-state index in [9.17, 15) is 0 Å². The van der Waals surface area contributed by atoms with Gasteiger partial charge in [-0.3, -0.25) is 5.43 Å². The lowest BCUT2D eigenvalue weighted by Crippen LogP contribution is -2.24. The Balaban J connectivity index is 2.57. The molecule has 0 atom stereocenters. The van der Waals surface area contributed by atoms with Crippen molar-refractivity contribution >= 4 is 23.5 Å². The van der Waals surface area contributed by atoms with Crippen molar-refractivity contribution in [1.29, 1.82) is 0 Å². The fourth-order valence-corrected chi connectivity index (χ4v) is 0.708. The second-order valence-corrected chi connectivity index (χ2v) is 2.57. The molecule has 0 amide bonds. The Morgan fingerprint density at radius 3 is 3.17 bits per heavy atom. The van der Waals surface area contributed by atoms with Crippen LogP contribution in [0.1, 0.15) is 5.82 Å². The van der Waals surface area contributed by atoms with Crippen molar-refractivity contribution in [1.82, 2.24) is 15.0 Å². The molecule has 3 N–H and O–H groups in total. The van der Waals surface area contributed by atoms with Crippen LogP contribution in [-0.2, 0) is 7.05 Å². The minimum Gasteiger partial charge on any atom is -0.375 e. The predicted octanol–water partition coefficient (Wildman–Crippen LogP) is -0.413. The molecule has 0 radical (unpaired) electrons. The number of imidazole rings is 1. The Hall–Kier alpha value is -1.43. The molecule has 0 saturated heterocycles. The Bertz CT molecular complexity index is 303. The van der Waals surface area contributed by atoms with E-state index in [4.69, 9.17) is 5.73 Å². The summed E-state index contributed by atoms with van der Waals surface area (Å²) in [6, 6.07) is 0. The minimum atomic E-state index is 0.139. The van der Waals surface area contributed by atoms with Gasteiger partial charge in [-0.1, -0.05) is 0 Å². The van der Waals surface area contributed by atoms with Crippen molar-refractivity contribution in [2.24, 2.45) is 17.9 Å². The molecule has 0 saturated carbocycles. The third-order valence-corrected chi connectivity index (χ3v) is 1.30. The van der Waals surface area contributed by atoms with Crippen molar-refractivity contribution in [3.05, 3.63) is 18.2 Å². The van der Waals surface area contributed by atoms with Crippen LogP contribution in [-0.4, -0.2) is 20.9 Å². The average molecular weight is 183 g/mol. The lowest BCUT2D eigenvalue weighted by molar-refractivity contribution is 0.897. The number of rotatable bonds is 2. The van der Waals surface area contributed by atoms with Gasteiger partial charge in [0.05, 0.1) is 6.21 Å². The molecule has 0 unspecified atom stereocenters. The first-order chi connectivity index (χ1) is 5.70. The number of hydrazone groups is 1. The van der Waals surface area contributed by atoms with Gasteiger partial charge in [-0.25, -0.2) is 4.98 Å². The molecule has 0 aliphatic carbocycles. The Morgan fingerprint density at radius 2 is 2.67 bits per heavy atom. The number of thiocarbonyl (C=S) groups is 1. The summed E-state index contributed by atoms with van der Waals surface area (Å²) in [6.07, 6.45) is 5.05. The van der Waals surface area contributed by atoms with Gasteiger partial charge in [-0.2, -0.15) is 5.10 Å². The van der Waals surface area contributed by atoms with Gasteiger partial charge in [0, 0.05) is 19.4 Å². The Labute approximate surface area is 75.3 Å². The van der Waals surface area contributed by atoms with Crippen LogP contribution in [0.5, 0.6) is 0 Å². The maximum atomic E-state index is 5.15. The molecule has 12 heavy (non-hydrogen) atoms. The fourth-order valence-electron chi connectivity index (χ4n) is 0.655. The molecule has 0 aliphatic heterocycles. The van der Waals surface area contributed by atoms with Crippen LogP contribution < -0.4 is 11.2 Å². The van der Waals surface area contributed by atoms with Gasteiger partial charge in [0.25, 0.3) is 0 Å². The summed E-state index contributed by atoms with van der Waals surface area (Å²) < 4.78 is 1.82. The highest BCUT2D eigenvalue weighted by atomic mass is 32.1. The van der Waals surface area contributed by atoms with Gasteiger partial charge in [-0.15, -0.1) is 0 Å². The highest BCUT2D eigenvalue weighted by molar-refractivity contribution is 7.80. The van der Waals surface area contributed by atoms with Gasteiger partial charge >= 0.3 is 0 Å². The third kappa shape index (κ3) is 2.31. The summed E-state index contributed by atoms with van der Waals surface area (Å²) in [7, 11) is 1.87. The molecule has 64 valence electrons. The lowest BCUT2D eigenvalue weighted by Gasteiger charge is -1.94. The van der Waals surface area contributed by atoms with E-state index in [1.54, 1.807) is 12.4 Å². The second kappa shape index (κ2) is 3.82. The minimum absolute atomic E-state index is 0.139. The van der Waals surface area contributed by atoms with Gasteiger partial charge in [0.1, 0.15) is 0 Å². The first-order valence-corrected chi connectivity index (χ1v) is 3.67. The van der Waals surface area contributed by atoms with E-state index < -0.39 is 0 Å². The number of aryl methyl sites for hydroxylation is 1. The van der Waals surface area contributed by atoms with E-state index in [1.165, 1.54) is 0 Å². The zero-order chi connectivity index (χ0) is 8.97. The van der Waals surface area contributed by atoms with Crippen LogP contribution in [0.3, 0.4) is 0 Å². The van der Waals surface area contributed by atoms with Gasteiger partial charge < -0.3 is 10.3 Å². The summed E-state index contributed by atoms with van der Waals surface area (Å²) in [6.45, 7) is 0. The summed E-state index contributed by atoms with van der Waals surface area (Å²) in [5.41, 5.74) is 7.59. The predicted molar refractivity (Wildman–Crippen MR) is 50.7 cm³/mol. The van der Waals surface area contributed by atoms with Gasteiger partial charge in [0.15, 0.2) is 10.9 Å².